The Kier molecular flexibility index (Phi) is 6.09. The zero-order valence-electron chi connectivity index (χ0n) is 29.1. The van der Waals surface area contributed by atoms with E-state index in [1.54, 1.807) is 0 Å². The van der Waals surface area contributed by atoms with Gasteiger partial charge < -0.3 is 8.83 Å². The molecule has 12 rings (SSSR count). The van der Waals surface area contributed by atoms with E-state index in [2.05, 4.69) is 182 Å². The van der Waals surface area contributed by atoms with Gasteiger partial charge in [0.15, 0.2) is 0 Å². The zero-order chi connectivity index (χ0) is 35.3. The Balaban J connectivity index is 0.953. The van der Waals surface area contributed by atoms with Crippen LogP contribution in [0.5, 0.6) is 0 Å². The molecule has 0 atom stereocenters. The molecule has 0 aliphatic carbocycles. The lowest BCUT2D eigenvalue weighted by molar-refractivity contribution is 0.664. The van der Waals surface area contributed by atoms with E-state index in [0.717, 1.165) is 49.4 Å². The van der Waals surface area contributed by atoms with Gasteiger partial charge in [-0.3, -0.25) is 0 Å². The van der Waals surface area contributed by atoms with Crippen LogP contribution in [0, 0.1) is 0 Å². The third-order valence-electron chi connectivity index (χ3n) is 11.4. The molecule has 2 heteroatoms. The van der Waals surface area contributed by atoms with E-state index in [1.807, 2.05) is 0 Å². The lowest BCUT2D eigenvalue weighted by Gasteiger charge is -2.12. The maximum atomic E-state index is 6.49. The second kappa shape index (κ2) is 11.2. The molecule has 12 aromatic rings. The summed E-state index contributed by atoms with van der Waals surface area (Å²) in [5.41, 5.74) is 10.6. The Hall–Kier alpha value is -7.16. The molecule has 0 radical (unpaired) electrons. The van der Waals surface area contributed by atoms with E-state index in [-0.39, 0.29) is 0 Å². The molecule has 0 bridgehead atoms. The van der Waals surface area contributed by atoms with Gasteiger partial charge in [0.1, 0.15) is 22.3 Å². The molecule has 0 saturated heterocycles. The molecule has 54 heavy (non-hydrogen) atoms. The maximum Gasteiger partial charge on any atom is 0.136 e. The summed E-state index contributed by atoms with van der Waals surface area (Å²) in [5.74, 6) is 0. The summed E-state index contributed by atoms with van der Waals surface area (Å²) in [6.45, 7) is 0. The first kappa shape index (κ1) is 29.4. The monoisotopic (exact) mass is 686 g/mol. The number of hydrogen-bond donors (Lipinski definition) is 0. The summed E-state index contributed by atoms with van der Waals surface area (Å²) in [5, 5.41) is 14.3. The molecule has 2 heterocycles. The minimum Gasteiger partial charge on any atom is -0.456 e. The fourth-order valence-corrected chi connectivity index (χ4v) is 8.66. The standard InChI is InChI=1S/C52H30O2/c1-2-8-33-23-34(16-13-31(33)7-1)36-19-21-49-45(26-36)47-29-52-48(30-51(47)53-49)46-27-37(20-22-50(46)54-52)35-17-14-32-15-18-39(25-40(32)24-35)44-28-38-9-3-4-10-41(38)42-11-5-6-12-43(42)44/h1-30H. The van der Waals surface area contributed by atoms with Gasteiger partial charge in [0, 0.05) is 21.5 Å². The number of benzene rings is 10. The molecule has 0 amide bonds. The summed E-state index contributed by atoms with van der Waals surface area (Å²) in [6.07, 6.45) is 0. The van der Waals surface area contributed by atoms with Crippen LogP contribution in [-0.2, 0) is 0 Å². The molecular weight excluding hydrogens is 657 g/mol. The van der Waals surface area contributed by atoms with Crippen molar-refractivity contribution in [1.82, 2.24) is 0 Å². The molecule has 0 spiro atoms. The van der Waals surface area contributed by atoms with Gasteiger partial charge in [-0.1, -0.05) is 121 Å². The number of furan rings is 2. The first-order chi connectivity index (χ1) is 26.7. The molecule has 0 fully saturated rings. The molecule has 0 aliphatic rings. The van der Waals surface area contributed by atoms with Crippen molar-refractivity contribution in [2.45, 2.75) is 0 Å². The van der Waals surface area contributed by atoms with Crippen molar-refractivity contribution in [3.05, 3.63) is 182 Å². The number of fused-ring (bicyclic) bond motifs is 11. The van der Waals surface area contributed by atoms with Crippen LogP contribution in [0.15, 0.2) is 191 Å². The Morgan fingerprint density at radius 2 is 0.667 bits per heavy atom. The predicted molar refractivity (Wildman–Crippen MR) is 227 cm³/mol. The van der Waals surface area contributed by atoms with Gasteiger partial charge in [0.25, 0.3) is 0 Å². The molecule has 0 N–H and O–H groups in total. The Morgan fingerprint density at radius 1 is 0.222 bits per heavy atom. The van der Waals surface area contributed by atoms with Crippen molar-refractivity contribution < 1.29 is 8.83 Å². The van der Waals surface area contributed by atoms with Gasteiger partial charge in [0.05, 0.1) is 0 Å². The molecule has 250 valence electrons. The third-order valence-corrected chi connectivity index (χ3v) is 11.4. The van der Waals surface area contributed by atoms with E-state index in [1.165, 1.54) is 70.9 Å². The van der Waals surface area contributed by atoms with Crippen molar-refractivity contribution in [2.24, 2.45) is 0 Å². The lowest BCUT2D eigenvalue weighted by atomic mass is 9.91. The van der Waals surface area contributed by atoms with Crippen molar-refractivity contribution in [3.8, 4) is 33.4 Å². The van der Waals surface area contributed by atoms with Gasteiger partial charge in [-0.15, -0.1) is 0 Å². The van der Waals surface area contributed by atoms with Crippen molar-refractivity contribution in [2.75, 3.05) is 0 Å². The summed E-state index contributed by atoms with van der Waals surface area (Å²) >= 11 is 0. The average Bonchev–Trinajstić information content (AvgIpc) is 3.78. The summed E-state index contributed by atoms with van der Waals surface area (Å²) < 4.78 is 13.0. The van der Waals surface area contributed by atoms with Gasteiger partial charge in [-0.2, -0.15) is 0 Å². The van der Waals surface area contributed by atoms with Crippen molar-refractivity contribution in [3.63, 3.8) is 0 Å². The SMILES string of the molecule is c1ccc2cc(-c3ccc4oc5cc6c(cc5c4c3)oc3ccc(-c4ccc5ccc(-c7cc8ccccc8c8ccccc78)cc5c4)cc36)ccc2c1. The van der Waals surface area contributed by atoms with Crippen LogP contribution in [-0.4, -0.2) is 0 Å². The number of rotatable bonds is 3. The molecular formula is C52H30O2. The lowest BCUT2D eigenvalue weighted by Crippen LogP contribution is -1.86. The van der Waals surface area contributed by atoms with Crippen LogP contribution < -0.4 is 0 Å². The van der Waals surface area contributed by atoms with Crippen molar-refractivity contribution in [1.29, 1.82) is 0 Å². The van der Waals surface area contributed by atoms with E-state index in [0.29, 0.717) is 0 Å². The highest BCUT2D eigenvalue weighted by Crippen LogP contribution is 2.41. The maximum absolute atomic E-state index is 6.49. The minimum absolute atomic E-state index is 0.860. The zero-order valence-corrected chi connectivity index (χ0v) is 29.1. The van der Waals surface area contributed by atoms with Crippen LogP contribution in [0.4, 0.5) is 0 Å². The largest absolute Gasteiger partial charge is 0.456 e. The highest BCUT2D eigenvalue weighted by molar-refractivity contribution is 6.16. The Bertz CT molecular complexity index is 3510. The Morgan fingerprint density at radius 3 is 1.33 bits per heavy atom. The second-order valence-corrected chi connectivity index (χ2v) is 14.5. The smallest absolute Gasteiger partial charge is 0.136 e. The fourth-order valence-electron chi connectivity index (χ4n) is 8.66. The van der Waals surface area contributed by atoms with E-state index in [9.17, 15) is 0 Å². The van der Waals surface area contributed by atoms with E-state index >= 15 is 0 Å². The van der Waals surface area contributed by atoms with Gasteiger partial charge in [-0.05, 0) is 137 Å². The fraction of sp³-hybridized carbons (Fsp3) is 0. The van der Waals surface area contributed by atoms with E-state index in [4.69, 9.17) is 8.83 Å². The van der Waals surface area contributed by atoms with Crippen LogP contribution in [0.3, 0.4) is 0 Å². The van der Waals surface area contributed by atoms with Crippen molar-refractivity contribution >= 4 is 87.0 Å². The van der Waals surface area contributed by atoms with Crippen LogP contribution in [0.25, 0.3) is 120 Å². The number of hydrogen-bond acceptors (Lipinski definition) is 2. The summed E-state index contributed by atoms with van der Waals surface area (Å²) in [4.78, 5) is 0. The van der Waals surface area contributed by atoms with Gasteiger partial charge in [0.2, 0.25) is 0 Å². The first-order valence-corrected chi connectivity index (χ1v) is 18.5. The molecule has 2 aromatic heterocycles. The van der Waals surface area contributed by atoms with Crippen LogP contribution in [0.1, 0.15) is 0 Å². The highest BCUT2D eigenvalue weighted by atomic mass is 16.3. The summed E-state index contributed by atoms with van der Waals surface area (Å²) in [7, 11) is 0. The third kappa shape index (κ3) is 4.47. The molecule has 0 saturated carbocycles. The summed E-state index contributed by atoms with van der Waals surface area (Å²) in [6, 6.07) is 65.8. The molecule has 0 aliphatic heterocycles. The van der Waals surface area contributed by atoms with Gasteiger partial charge >= 0.3 is 0 Å². The minimum atomic E-state index is 0.860. The highest BCUT2D eigenvalue weighted by Gasteiger charge is 2.16. The topological polar surface area (TPSA) is 26.3 Å². The average molecular weight is 687 g/mol. The van der Waals surface area contributed by atoms with Crippen LogP contribution in [0.2, 0.25) is 0 Å². The van der Waals surface area contributed by atoms with Crippen LogP contribution >= 0.6 is 0 Å². The molecule has 2 nitrogen and oxygen atoms in total. The predicted octanol–water partition coefficient (Wildman–Crippen LogP) is 15.1. The Labute approximate surface area is 310 Å². The van der Waals surface area contributed by atoms with Gasteiger partial charge in [-0.25, -0.2) is 0 Å². The molecule has 0 unspecified atom stereocenters. The normalized spacial score (nSPS) is 12.1. The first-order valence-electron chi connectivity index (χ1n) is 18.5. The van der Waals surface area contributed by atoms with E-state index < -0.39 is 0 Å². The molecule has 10 aromatic carbocycles. The second-order valence-electron chi connectivity index (χ2n) is 14.5. The quantitative estimate of drug-likeness (QED) is 0.173.